The van der Waals surface area contributed by atoms with Gasteiger partial charge < -0.3 is 5.11 Å². The van der Waals surface area contributed by atoms with Crippen molar-refractivity contribution in [2.24, 2.45) is 13.0 Å². The molecule has 11 heteroatoms. The number of alkyl halides is 3. The molecule has 7 nitrogen and oxygen atoms in total. The van der Waals surface area contributed by atoms with Crippen LogP contribution < -0.4 is 0 Å². The number of fused-ring (bicyclic) bond motifs is 2. The van der Waals surface area contributed by atoms with E-state index in [1.807, 2.05) is 0 Å². The number of halogens is 3. The number of hydrogen-bond donors (Lipinski definition) is 1. The van der Waals surface area contributed by atoms with E-state index in [1.54, 1.807) is 31.6 Å². The molecule has 144 valence electrons. The molecule has 1 fully saturated rings. The smallest absolute Gasteiger partial charge is 0.384 e. The minimum Gasteiger partial charge on any atom is -0.384 e. The maximum Gasteiger partial charge on any atom is 0.392 e. The minimum atomic E-state index is -4.28. The number of aryl methyl sites for hydroxylation is 1. The van der Waals surface area contributed by atoms with E-state index in [9.17, 15) is 18.3 Å². The van der Waals surface area contributed by atoms with Crippen LogP contribution in [-0.2, 0) is 12.6 Å². The standard InChI is InChI=1S/C17H13F3N6OS/c1-26-24-11-2-8(6-22-14(11)25-26)13-21-7-9-3-12(28-15(9)23-13)16(27)4-10(5-16)17(18,19)20/h2-3,6-7,10,27H,4-5H2,1H3. The van der Waals surface area contributed by atoms with Gasteiger partial charge in [-0.05, 0) is 25.0 Å². The van der Waals surface area contributed by atoms with E-state index in [2.05, 4.69) is 25.1 Å². The van der Waals surface area contributed by atoms with Gasteiger partial charge in [-0.2, -0.15) is 23.1 Å². The van der Waals surface area contributed by atoms with Crippen LogP contribution in [0.4, 0.5) is 13.2 Å². The molecule has 0 unspecified atom stereocenters. The number of aromatic nitrogens is 6. The van der Waals surface area contributed by atoms with E-state index in [4.69, 9.17) is 0 Å². The number of aliphatic hydroxyl groups is 1. The summed E-state index contributed by atoms with van der Waals surface area (Å²) in [7, 11) is 1.70. The van der Waals surface area contributed by atoms with Crippen LogP contribution in [-0.4, -0.2) is 41.2 Å². The van der Waals surface area contributed by atoms with E-state index >= 15 is 0 Å². The van der Waals surface area contributed by atoms with E-state index < -0.39 is 17.7 Å². The quantitative estimate of drug-likeness (QED) is 0.550. The highest BCUT2D eigenvalue weighted by Gasteiger charge is 2.56. The third-order valence-corrected chi connectivity index (χ3v) is 6.20. The van der Waals surface area contributed by atoms with Crippen LogP contribution in [0.1, 0.15) is 17.7 Å². The molecule has 0 amide bonds. The fraction of sp³-hybridized carbons (Fsp3) is 0.353. The van der Waals surface area contributed by atoms with E-state index in [1.165, 1.54) is 16.1 Å². The Bertz CT molecular complexity index is 1210. The summed E-state index contributed by atoms with van der Waals surface area (Å²) in [5.74, 6) is -1.04. The van der Waals surface area contributed by atoms with E-state index in [0.717, 1.165) is 0 Å². The Balaban J connectivity index is 1.48. The Morgan fingerprint density at radius 1 is 1.18 bits per heavy atom. The lowest BCUT2D eigenvalue weighted by atomic mass is 9.70. The van der Waals surface area contributed by atoms with Gasteiger partial charge in [0, 0.05) is 35.3 Å². The van der Waals surface area contributed by atoms with Gasteiger partial charge in [0.1, 0.15) is 15.9 Å². The highest BCUT2D eigenvalue weighted by atomic mass is 32.1. The molecule has 0 aliphatic heterocycles. The molecule has 4 heterocycles. The number of thiophene rings is 1. The Labute approximate surface area is 159 Å². The SMILES string of the molecule is Cn1nc2cc(-c3ncc4cc(C5(O)CC(C(F)(F)F)C5)sc4n3)cnc2n1. The fourth-order valence-corrected chi connectivity index (χ4v) is 4.53. The maximum absolute atomic E-state index is 12.8. The van der Waals surface area contributed by atoms with Crippen LogP contribution in [0.5, 0.6) is 0 Å². The second kappa shape index (κ2) is 5.67. The first-order valence-corrected chi connectivity index (χ1v) is 9.26. The van der Waals surface area contributed by atoms with Gasteiger partial charge in [-0.3, -0.25) is 0 Å². The van der Waals surface area contributed by atoms with Crippen LogP contribution in [0.3, 0.4) is 0 Å². The number of pyridine rings is 1. The van der Waals surface area contributed by atoms with Crippen LogP contribution in [0.15, 0.2) is 24.5 Å². The van der Waals surface area contributed by atoms with Crippen molar-refractivity contribution in [1.29, 1.82) is 0 Å². The zero-order valence-corrected chi connectivity index (χ0v) is 15.3. The summed E-state index contributed by atoms with van der Waals surface area (Å²) in [5, 5.41) is 19.6. The van der Waals surface area contributed by atoms with E-state index in [0.29, 0.717) is 37.6 Å². The van der Waals surface area contributed by atoms with Crippen molar-refractivity contribution in [2.45, 2.75) is 24.6 Å². The van der Waals surface area contributed by atoms with Gasteiger partial charge in [0.2, 0.25) is 5.65 Å². The van der Waals surface area contributed by atoms with Crippen molar-refractivity contribution in [2.75, 3.05) is 0 Å². The van der Waals surface area contributed by atoms with Gasteiger partial charge in [-0.15, -0.1) is 16.4 Å². The molecule has 0 aromatic carbocycles. The Kier molecular flexibility index (Phi) is 3.53. The van der Waals surface area contributed by atoms with Gasteiger partial charge in [-0.25, -0.2) is 15.0 Å². The lowest BCUT2D eigenvalue weighted by Gasteiger charge is -2.43. The van der Waals surface area contributed by atoms with Crippen molar-refractivity contribution in [3.05, 3.63) is 29.4 Å². The molecule has 4 aromatic rings. The van der Waals surface area contributed by atoms with Gasteiger partial charge in [0.25, 0.3) is 0 Å². The van der Waals surface area contributed by atoms with E-state index in [-0.39, 0.29) is 12.8 Å². The van der Waals surface area contributed by atoms with Gasteiger partial charge >= 0.3 is 6.18 Å². The summed E-state index contributed by atoms with van der Waals surface area (Å²) >= 11 is 1.19. The first kappa shape index (κ1) is 17.4. The van der Waals surface area contributed by atoms with Crippen molar-refractivity contribution >= 4 is 32.7 Å². The minimum absolute atomic E-state index is 0.323. The molecule has 1 N–H and O–H groups in total. The number of hydrogen-bond acceptors (Lipinski definition) is 7. The monoisotopic (exact) mass is 406 g/mol. The molecule has 1 aliphatic rings. The molecule has 0 spiro atoms. The first-order valence-electron chi connectivity index (χ1n) is 8.45. The maximum atomic E-state index is 12.8. The molecular formula is C17H13F3N6OS. The third-order valence-electron chi connectivity index (χ3n) is 4.96. The molecular weight excluding hydrogens is 393 g/mol. The number of rotatable bonds is 2. The normalized spacial score (nSPS) is 22.7. The van der Waals surface area contributed by atoms with Gasteiger partial charge in [-0.1, -0.05) is 0 Å². The molecule has 28 heavy (non-hydrogen) atoms. The summed E-state index contributed by atoms with van der Waals surface area (Å²) in [5.41, 5.74) is 0.324. The predicted molar refractivity (Wildman–Crippen MR) is 95.4 cm³/mol. The summed E-state index contributed by atoms with van der Waals surface area (Å²) in [6.45, 7) is 0. The van der Waals surface area contributed by atoms with Crippen molar-refractivity contribution < 1.29 is 18.3 Å². The van der Waals surface area contributed by atoms with Crippen LogP contribution in [0.25, 0.3) is 32.8 Å². The lowest BCUT2D eigenvalue weighted by Crippen LogP contribution is -2.46. The summed E-state index contributed by atoms with van der Waals surface area (Å²) < 4.78 is 38.3. The van der Waals surface area contributed by atoms with Crippen LogP contribution in [0.2, 0.25) is 0 Å². The molecule has 4 aromatic heterocycles. The summed E-state index contributed by atoms with van der Waals surface area (Å²) in [6, 6.07) is 3.44. The predicted octanol–water partition coefficient (Wildman–Crippen LogP) is 3.19. The molecule has 0 saturated heterocycles. The zero-order valence-electron chi connectivity index (χ0n) is 14.5. The molecule has 0 radical (unpaired) electrons. The second-order valence-corrected chi connectivity index (χ2v) is 8.03. The molecule has 1 aliphatic carbocycles. The van der Waals surface area contributed by atoms with Gasteiger partial charge in [0.15, 0.2) is 5.82 Å². The van der Waals surface area contributed by atoms with Crippen LogP contribution >= 0.6 is 11.3 Å². The summed E-state index contributed by atoms with van der Waals surface area (Å²) in [4.78, 5) is 15.6. The van der Waals surface area contributed by atoms with Crippen molar-refractivity contribution in [3.8, 4) is 11.4 Å². The third kappa shape index (κ3) is 2.73. The summed E-state index contributed by atoms with van der Waals surface area (Å²) in [6.07, 6.45) is -1.72. The zero-order chi connectivity index (χ0) is 19.7. The first-order chi connectivity index (χ1) is 13.2. The highest BCUT2D eigenvalue weighted by Crippen LogP contribution is 2.54. The number of nitrogens with zero attached hydrogens (tertiary/aromatic N) is 6. The average Bonchev–Trinajstić information content (AvgIpc) is 3.18. The molecule has 0 atom stereocenters. The Morgan fingerprint density at radius 3 is 2.71 bits per heavy atom. The highest BCUT2D eigenvalue weighted by molar-refractivity contribution is 7.18. The molecule has 0 bridgehead atoms. The Hall–Kier alpha value is -2.66. The van der Waals surface area contributed by atoms with Crippen molar-refractivity contribution in [1.82, 2.24) is 29.9 Å². The molecule has 1 saturated carbocycles. The van der Waals surface area contributed by atoms with Crippen molar-refractivity contribution in [3.63, 3.8) is 0 Å². The topological polar surface area (TPSA) is 89.6 Å². The molecule has 5 rings (SSSR count). The lowest BCUT2D eigenvalue weighted by molar-refractivity contribution is -0.241. The second-order valence-electron chi connectivity index (χ2n) is 7.00. The van der Waals surface area contributed by atoms with Crippen LogP contribution in [0, 0.1) is 5.92 Å². The average molecular weight is 406 g/mol. The fourth-order valence-electron chi connectivity index (χ4n) is 3.42. The Morgan fingerprint density at radius 2 is 1.96 bits per heavy atom. The largest absolute Gasteiger partial charge is 0.392 e. The van der Waals surface area contributed by atoms with Gasteiger partial charge in [0.05, 0.1) is 5.92 Å².